The van der Waals surface area contributed by atoms with E-state index in [1.807, 2.05) is 47.4 Å². The molecule has 0 bridgehead atoms. The molecule has 4 nitrogen and oxygen atoms in total. The van der Waals surface area contributed by atoms with E-state index in [0.717, 1.165) is 30.0 Å². The highest BCUT2D eigenvalue weighted by atomic mass is 16.4. The highest BCUT2D eigenvalue weighted by Gasteiger charge is 2.24. The van der Waals surface area contributed by atoms with Gasteiger partial charge in [-0.2, -0.15) is 0 Å². The predicted octanol–water partition coefficient (Wildman–Crippen LogP) is 4.17. The average Bonchev–Trinajstić information content (AvgIpc) is 3.27. The Balaban J connectivity index is 1.41. The summed E-state index contributed by atoms with van der Waals surface area (Å²) in [6, 6.07) is 16.2. The van der Waals surface area contributed by atoms with Crippen LogP contribution in [0.25, 0.3) is 11.3 Å². The van der Waals surface area contributed by atoms with E-state index in [1.54, 1.807) is 6.20 Å². The van der Waals surface area contributed by atoms with Crippen molar-refractivity contribution in [2.24, 2.45) is 0 Å². The molecule has 1 aliphatic rings. The van der Waals surface area contributed by atoms with Crippen LogP contribution in [-0.4, -0.2) is 17.4 Å². The minimum atomic E-state index is 0.125. The van der Waals surface area contributed by atoms with Crippen LogP contribution in [0.4, 0.5) is 5.69 Å². The third-order valence-electron chi connectivity index (χ3n) is 4.63. The topological polar surface area (TPSA) is 46.3 Å². The molecule has 0 spiro atoms. The molecule has 0 N–H and O–H groups in total. The smallest absolute Gasteiger partial charge is 0.227 e. The maximum absolute atomic E-state index is 12.6. The molecule has 0 aliphatic carbocycles. The van der Waals surface area contributed by atoms with Crippen LogP contribution in [0.5, 0.6) is 0 Å². The van der Waals surface area contributed by atoms with E-state index in [0.29, 0.717) is 18.7 Å². The summed E-state index contributed by atoms with van der Waals surface area (Å²) in [4.78, 5) is 18.7. The summed E-state index contributed by atoms with van der Waals surface area (Å²) in [6.45, 7) is 2.82. The number of fused-ring (bicyclic) bond motifs is 1. The SMILES string of the molecule is Cc1ccc(-c2cnc(CCC(=O)N3CCc4ccccc43)o2)cc1. The second-order valence-electron chi connectivity index (χ2n) is 6.41. The standard InChI is InChI=1S/C21H20N2O2/c1-15-6-8-17(9-7-15)19-14-22-20(25-19)10-11-21(24)23-13-12-16-4-2-3-5-18(16)23/h2-9,14H,10-13H2,1H3. The molecule has 1 aliphatic heterocycles. The minimum Gasteiger partial charge on any atom is -0.441 e. The Kier molecular flexibility index (Phi) is 4.10. The number of hydrogen-bond donors (Lipinski definition) is 0. The molecule has 25 heavy (non-hydrogen) atoms. The van der Waals surface area contributed by atoms with Crippen molar-refractivity contribution in [2.45, 2.75) is 26.2 Å². The fourth-order valence-electron chi connectivity index (χ4n) is 3.22. The lowest BCUT2D eigenvalue weighted by molar-refractivity contribution is -0.118. The van der Waals surface area contributed by atoms with E-state index in [1.165, 1.54) is 11.1 Å². The number of aryl methyl sites for hydroxylation is 2. The number of aromatic nitrogens is 1. The number of anilines is 1. The highest BCUT2D eigenvalue weighted by Crippen LogP contribution is 2.28. The molecule has 4 heteroatoms. The number of hydrogen-bond acceptors (Lipinski definition) is 3. The van der Waals surface area contributed by atoms with Crippen LogP contribution in [0.2, 0.25) is 0 Å². The minimum absolute atomic E-state index is 0.125. The molecule has 126 valence electrons. The van der Waals surface area contributed by atoms with Crippen LogP contribution in [0, 0.1) is 6.92 Å². The lowest BCUT2D eigenvalue weighted by atomic mass is 10.1. The molecule has 0 atom stereocenters. The molecule has 2 aromatic carbocycles. The van der Waals surface area contributed by atoms with Crippen molar-refractivity contribution in [3.05, 3.63) is 71.7 Å². The lowest BCUT2D eigenvalue weighted by Crippen LogP contribution is -2.29. The number of para-hydroxylation sites is 1. The van der Waals surface area contributed by atoms with Gasteiger partial charge in [-0.3, -0.25) is 4.79 Å². The number of amides is 1. The molecule has 0 radical (unpaired) electrons. The molecule has 0 fully saturated rings. The summed E-state index contributed by atoms with van der Waals surface area (Å²) >= 11 is 0. The van der Waals surface area contributed by atoms with E-state index in [9.17, 15) is 4.79 Å². The first-order chi connectivity index (χ1) is 12.2. The molecule has 0 saturated carbocycles. The van der Waals surface area contributed by atoms with Gasteiger partial charge in [-0.25, -0.2) is 4.98 Å². The molecule has 0 saturated heterocycles. The van der Waals surface area contributed by atoms with Crippen LogP contribution in [0.15, 0.2) is 59.1 Å². The van der Waals surface area contributed by atoms with Crippen LogP contribution in [0.1, 0.15) is 23.4 Å². The van der Waals surface area contributed by atoms with Gasteiger partial charge in [-0.05, 0) is 25.0 Å². The van der Waals surface area contributed by atoms with Gasteiger partial charge < -0.3 is 9.32 Å². The maximum atomic E-state index is 12.6. The van der Waals surface area contributed by atoms with E-state index in [4.69, 9.17) is 4.42 Å². The van der Waals surface area contributed by atoms with Gasteiger partial charge in [0.05, 0.1) is 6.20 Å². The molecule has 4 rings (SSSR count). The second-order valence-corrected chi connectivity index (χ2v) is 6.41. The van der Waals surface area contributed by atoms with E-state index in [-0.39, 0.29) is 5.91 Å². The summed E-state index contributed by atoms with van der Waals surface area (Å²) in [6.07, 6.45) is 3.58. The van der Waals surface area contributed by atoms with Gasteiger partial charge in [0.25, 0.3) is 0 Å². The molecule has 0 unspecified atom stereocenters. The number of carbonyl (C=O) groups is 1. The van der Waals surface area contributed by atoms with Crippen molar-refractivity contribution < 1.29 is 9.21 Å². The summed E-state index contributed by atoms with van der Waals surface area (Å²) in [5.41, 5.74) is 4.50. The van der Waals surface area contributed by atoms with Crippen LogP contribution in [0.3, 0.4) is 0 Å². The second kappa shape index (κ2) is 6.55. The number of nitrogens with zero attached hydrogens (tertiary/aromatic N) is 2. The zero-order valence-corrected chi connectivity index (χ0v) is 14.2. The summed E-state index contributed by atoms with van der Waals surface area (Å²) in [7, 11) is 0. The summed E-state index contributed by atoms with van der Waals surface area (Å²) < 4.78 is 5.81. The fourth-order valence-corrected chi connectivity index (χ4v) is 3.22. The number of rotatable bonds is 4. The Bertz CT molecular complexity index is 896. The largest absolute Gasteiger partial charge is 0.441 e. The molecule has 3 aromatic rings. The number of carbonyl (C=O) groups excluding carboxylic acids is 1. The van der Waals surface area contributed by atoms with Crippen molar-refractivity contribution in [1.82, 2.24) is 4.98 Å². The molecule has 1 amide bonds. The van der Waals surface area contributed by atoms with E-state index < -0.39 is 0 Å². The van der Waals surface area contributed by atoms with Gasteiger partial charge in [-0.15, -0.1) is 0 Å². The zero-order valence-electron chi connectivity index (χ0n) is 14.2. The quantitative estimate of drug-likeness (QED) is 0.720. The monoisotopic (exact) mass is 332 g/mol. The van der Waals surface area contributed by atoms with Crippen molar-refractivity contribution in [3.8, 4) is 11.3 Å². The first-order valence-corrected chi connectivity index (χ1v) is 8.61. The van der Waals surface area contributed by atoms with E-state index in [2.05, 4.69) is 18.0 Å². The number of benzene rings is 2. The predicted molar refractivity (Wildman–Crippen MR) is 97.5 cm³/mol. The average molecular weight is 332 g/mol. The molecular weight excluding hydrogens is 312 g/mol. The Morgan fingerprint density at radius 1 is 1.16 bits per heavy atom. The van der Waals surface area contributed by atoms with Crippen molar-refractivity contribution in [3.63, 3.8) is 0 Å². The van der Waals surface area contributed by atoms with E-state index >= 15 is 0 Å². The van der Waals surface area contributed by atoms with Gasteiger partial charge in [0.1, 0.15) is 0 Å². The van der Waals surface area contributed by atoms with Gasteiger partial charge >= 0.3 is 0 Å². The van der Waals surface area contributed by atoms with Crippen molar-refractivity contribution in [1.29, 1.82) is 0 Å². The first kappa shape index (κ1) is 15.6. The normalized spacial score (nSPS) is 13.1. The first-order valence-electron chi connectivity index (χ1n) is 8.61. The summed E-state index contributed by atoms with van der Waals surface area (Å²) in [5.74, 6) is 1.48. The van der Waals surface area contributed by atoms with Gasteiger partial charge in [0.15, 0.2) is 11.7 Å². The maximum Gasteiger partial charge on any atom is 0.227 e. The van der Waals surface area contributed by atoms with Crippen molar-refractivity contribution >= 4 is 11.6 Å². The Morgan fingerprint density at radius 2 is 1.96 bits per heavy atom. The summed E-state index contributed by atoms with van der Waals surface area (Å²) in [5, 5.41) is 0. The highest BCUT2D eigenvalue weighted by molar-refractivity contribution is 5.95. The Hall–Kier alpha value is -2.88. The Morgan fingerprint density at radius 3 is 2.80 bits per heavy atom. The molecule has 2 heterocycles. The fraction of sp³-hybridized carbons (Fsp3) is 0.238. The lowest BCUT2D eigenvalue weighted by Gasteiger charge is -2.16. The van der Waals surface area contributed by atoms with Crippen LogP contribution < -0.4 is 4.90 Å². The van der Waals surface area contributed by atoms with Gasteiger partial charge in [-0.1, -0.05) is 48.0 Å². The van der Waals surface area contributed by atoms with Gasteiger partial charge in [0.2, 0.25) is 5.91 Å². The number of oxazole rings is 1. The van der Waals surface area contributed by atoms with Gasteiger partial charge in [0, 0.05) is 30.6 Å². The Labute approximate surface area is 147 Å². The van der Waals surface area contributed by atoms with Crippen molar-refractivity contribution in [2.75, 3.05) is 11.4 Å². The molecule has 1 aromatic heterocycles. The molecular formula is C21H20N2O2. The van der Waals surface area contributed by atoms with Crippen LogP contribution >= 0.6 is 0 Å². The zero-order chi connectivity index (χ0) is 17.2. The third kappa shape index (κ3) is 3.20. The van der Waals surface area contributed by atoms with Crippen LogP contribution in [-0.2, 0) is 17.6 Å². The third-order valence-corrected chi connectivity index (χ3v) is 4.63.